The first kappa shape index (κ1) is 31.2. The number of nitrogens with two attached hydrogens (primary N) is 1. The fourth-order valence-corrected chi connectivity index (χ4v) is 6.29. The lowest BCUT2D eigenvalue weighted by Gasteiger charge is -2.41. The maximum atomic E-state index is 13.6. The summed E-state index contributed by atoms with van der Waals surface area (Å²) in [5, 5.41) is 17.7. The van der Waals surface area contributed by atoms with Crippen molar-refractivity contribution in [1.82, 2.24) is 10.2 Å². The van der Waals surface area contributed by atoms with Gasteiger partial charge in [0.05, 0.1) is 11.5 Å². The van der Waals surface area contributed by atoms with Crippen molar-refractivity contribution in [2.75, 3.05) is 19.6 Å². The molecule has 4 rings (SSSR count). The van der Waals surface area contributed by atoms with Crippen LogP contribution in [0.4, 0.5) is 0 Å². The summed E-state index contributed by atoms with van der Waals surface area (Å²) in [5.41, 5.74) is 7.67. The minimum atomic E-state index is -1.22. The van der Waals surface area contributed by atoms with Gasteiger partial charge in [0.25, 0.3) is 0 Å². The van der Waals surface area contributed by atoms with Crippen molar-refractivity contribution >= 4 is 22.6 Å². The number of allylic oxidation sites excluding steroid dienone is 2. The molecule has 1 unspecified atom stereocenters. The standard InChI is InChI=1S/C36H45N3O3/c1-4-21-39(22-5-2)34(41)29-17-12-20-36(24-29,35(37)42)32(23-27-13-7-6-8-14-27)33(40)25-38-26(3)30-19-11-16-28-15-9-10-18-31(28)30/h6-20,26,32-33,38,40H,4-5,21-25H2,1-3H3,(H2,37,42)/t26-,32-,33+,36?/m1/s1. The van der Waals surface area contributed by atoms with Crippen LogP contribution in [0.5, 0.6) is 0 Å². The van der Waals surface area contributed by atoms with Gasteiger partial charge in [-0.15, -0.1) is 0 Å². The number of primary amides is 1. The molecular weight excluding hydrogens is 522 g/mol. The van der Waals surface area contributed by atoms with E-state index in [0.29, 0.717) is 25.1 Å². The molecule has 0 heterocycles. The molecule has 0 saturated carbocycles. The van der Waals surface area contributed by atoms with Crippen molar-refractivity contribution in [2.24, 2.45) is 17.1 Å². The maximum Gasteiger partial charge on any atom is 0.249 e. The van der Waals surface area contributed by atoms with Gasteiger partial charge in [-0.05, 0) is 54.5 Å². The van der Waals surface area contributed by atoms with E-state index in [1.54, 1.807) is 18.2 Å². The van der Waals surface area contributed by atoms with Crippen LogP contribution in [0.15, 0.2) is 96.6 Å². The normalized spacial score (nSPS) is 18.7. The molecule has 42 heavy (non-hydrogen) atoms. The Kier molecular flexibility index (Phi) is 10.7. The number of carbonyl (C=O) groups is 2. The van der Waals surface area contributed by atoms with Gasteiger partial charge in [-0.3, -0.25) is 9.59 Å². The molecule has 4 N–H and O–H groups in total. The molecule has 0 spiro atoms. The molecule has 6 heteroatoms. The molecule has 222 valence electrons. The fourth-order valence-electron chi connectivity index (χ4n) is 6.29. The molecule has 3 aromatic rings. The Morgan fingerprint density at radius 1 is 0.976 bits per heavy atom. The van der Waals surface area contributed by atoms with E-state index in [-0.39, 0.29) is 24.9 Å². The lowest BCUT2D eigenvalue weighted by atomic mass is 9.64. The average Bonchev–Trinajstić information content (AvgIpc) is 3.02. The van der Waals surface area contributed by atoms with Crippen LogP contribution in [-0.2, 0) is 16.0 Å². The lowest BCUT2D eigenvalue weighted by Crippen LogP contribution is -2.51. The first-order valence-electron chi connectivity index (χ1n) is 15.2. The van der Waals surface area contributed by atoms with E-state index in [9.17, 15) is 14.7 Å². The summed E-state index contributed by atoms with van der Waals surface area (Å²) >= 11 is 0. The highest BCUT2D eigenvalue weighted by Gasteiger charge is 2.47. The largest absolute Gasteiger partial charge is 0.391 e. The molecule has 6 nitrogen and oxygen atoms in total. The van der Waals surface area contributed by atoms with Crippen molar-refractivity contribution in [2.45, 2.75) is 58.6 Å². The number of aliphatic hydroxyl groups excluding tert-OH is 1. The van der Waals surface area contributed by atoms with Gasteiger partial charge in [0, 0.05) is 37.2 Å². The number of aliphatic hydroxyl groups is 1. The van der Waals surface area contributed by atoms with Gasteiger partial charge in [0.1, 0.15) is 0 Å². The van der Waals surface area contributed by atoms with Gasteiger partial charge in [-0.1, -0.05) is 105 Å². The Labute approximate surface area is 250 Å². The van der Waals surface area contributed by atoms with E-state index in [0.717, 1.165) is 34.7 Å². The lowest BCUT2D eigenvalue weighted by molar-refractivity contribution is -0.132. The van der Waals surface area contributed by atoms with Crippen molar-refractivity contribution in [1.29, 1.82) is 0 Å². The van der Waals surface area contributed by atoms with Crippen molar-refractivity contribution in [3.8, 4) is 0 Å². The van der Waals surface area contributed by atoms with E-state index in [2.05, 4.69) is 50.4 Å². The topological polar surface area (TPSA) is 95.7 Å². The van der Waals surface area contributed by atoms with Crippen LogP contribution in [0.25, 0.3) is 10.8 Å². The molecule has 1 aliphatic rings. The Balaban J connectivity index is 1.62. The van der Waals surface area contributed by atoms with Gasteiger partial charge < -0.3 is 21.1 Å². The summed E-state index contributed by atoms with van der Waals surface area (Å²) in [7, 11) is 0. The van der Waals surface area contributed by atoms with Crippen LogP contribution >= 0.6 is 0 Å². The van der Waals surface area contributed by atoms with Gasteiger partial charge in [-0.25, -0.2) is 0 Å². The predicted molar refractivity (Wildman–Crippen MR) is 171 cm³/mol. The Bertz CT molecular complexity index is 1410. The Morgan fingerprint density at radius 2 is 1.64 bits per heavy atom. The number of amides is 2. The molecule has 4 atom stereocenters. The zero-order chi connectivity index (χ0) is 30.1. The number of fused-ring (bicyclic) bond motifs is 1. The highest BCUT2D eigenvalue weighted by atomic mass is 16.3. The van der Waals surface area contributed by atoms with E-state index in [1.165, 1.54) is 0 Å². The van der Waals surface area contributed by atoms with Crippen LogP contribution in [0.3, 0.4) is 0 Å². The second-order valence-corrected chi connectivity index (χ2v) is 11.5. The van der Waals surface area contributed by atoms with Crippen LogP contribution in [0.2, 0.25) is 0 Å². The van der Waals surface area contributed by atoms with E-state index in [1.807, 2.05) is 53.4 Å². The number of hydrogen-bond donors (Lipinski definition) is 3. The summed E-state index contributed by atoms with van der Waals surface area (Å²) in [6.45, 7) is 7.76. The third-order valence-corrected chi connectivity index (χ3v) is 8.53. The SMILES string of the molecule is CCCN(CCC)C(=O)C1=CC=CC(C(N)=O)([C@H](Cc2ccccc2)[C@@H](O)CN[C@H](C)c2cccc3ccccc23)C1. The monoisotopic (exact) mass is 567 g/mol. The Morgan fingerprint density at radius 3 is 2.33 bits per heavy atom. The van der Waals surface area contributed by atoms with E-state index in [4.69, 9.17) is 5.73 Å². The van der Waals surface area contributed by atoms with Gasteiger partial charge in [0.15, 0.2) is 0 Å². The van der Waals surface area contributed by atoms with Crippen LogP contribution < -0.4 is 11.1 Å². The second-order valence-electron chi connectivity index (χ2n) is 11.5. The second kappa shape index (κ2) is 14.4. The highest BCUT2D eigenvalue weighted by Crippen LogP contribution is 2.43. The van der Waals surface area contributed by atoms with Crippen molar-refractivity contribution in [3.05, 3.63) is 108 Å². The molecule has 0 radical (unpaired) electrons. The first-order valence-corrected chi connectivity index (χ1v) is 15.2. The van der Waals surface area contributed by atoms with Gasteiger partial charge in [-0.2, -0.15) is 0 Å². The molecule has 2 amide bonds. The molecule has 0 saturated heterocycles. The Hall–Kier alpha value is -3.74. The molecule has 3 aromatic carbocycles. The number of carbonyl (C=O) groups excluding carboxylic acids is 2. The summed E-state index contributed by atoms with van der Waals surface area (Å²) in [6, 6.07) is 24.3. The first-order chi connectivity index (χ1) is 20.3. The van der Waals surface area contributed by atoms with Crippen molar-refractivity contribution in [3.63, 3.8) is 0 Å². The van der Waals surface area contributed by atoms with Gasteiger partial charge in [0.2, 0.25) is 11.8 Å². The highest BCUT2D eigenvalue weighted by molar-refractivity contribution is 5.96. The maximum absolute atomic E-state index is 13.6. The molecule has 1 aliphatic carbocycles. The quantitative estimate of drug-likeness (QED) is 0.232. The number of nitrogens with one attached hydrogen (secondary N) is 1. The minimum Gasteiger partial charge on any atom is -0.391 e. The molecule has 0 aromatic heterocycles. The minimum absolute atomic E-state index is 0.0387. The summed E-state index contributed by atoms with van der Waals surface area (Å²) in [5.74, 6) is -1.15. The molecule has 0 bridgehead atoms. The molecule has 0 aliphatic heterocycles. The number of nitrogens with zero attached hydrogens (tertiary/aromatic N) is 1. The number of hydrogen-bond acceptors (Lipinski definition) is 4. The van der Waals surface area contributed by atoms with Crippen molar-refractivity contribution < 1.29 is 14.7 Å². The molecule has 0 fully saturated rings. The summed E-state index contributed by atoms with van der Waals surface area (Å²) in [6.07, 6.45) is 6.78. The summed E-state index contributed by atoms with van der Waals surface area (Å²) in [4.78, 5) is 28.9. The van der Waals surface area contributed by atoms with Crippen LogP contribution in [0.1, 0.15) is 57.2 Å². The number of benzene rings is 3. The summed E-state index contributed by atoms with van der Waals surface area (Å²) < 4.78 is 0. The third-order valence-electron chi connectivity index (χ3n) is 8.53. The predicted octanol–water partition coefficient (Wildman–Crippen LogP) is 5.72. The van der Waals surface area contributed by atoms with E-state index >= 15 is 0 Å². The fraction of sp³-hybridized carbons (Fsp3) is 0.389. The zero-order valence-electron chi connectivity index (χ0n) is 25.1. The average molecular weight is 568 g/mol. The smallest absolute Gasteiger partial charge is 0.249 e. The molecular formula is C36H45N3O3. The number of rotatable bonds is 14. The third kappa shape index (κ3) is 7.00. The van der Waals surface area contributed by atoms with E-state index < -0.39 is 23.3 Å². The van der Waals surface area contributed by atoms with Crippen LogP contribution in [0, 0.1) is 11.3 Å². The van der Waals surface area contributed by atoms with Gasteiger partial charge >= 0.3 is 0 Å². The zero-order valence-corrected chi connectivity index (χ0v) is 25.1. The van der Waals surface area contributed by atoms with Crippen LogP contribution in [-0.4, -0.2) is 47.6 Å².